The van der Waals surface area contributed by atoms with Gasteiger partial charge >= 0.3 is 0 Å². The Kier molecular flexibility index (Phi) is 14.1. The summed E-state index contributed by atoms with van der Waals surface area (Å²) in [4.78, 5) is 15.2. The molecule has 0 aliphatic heterocycles. The molecule has 0 saturated carbocycles. The van der Waals surface area contributed by atoms with Gasteiger partial charge in [0.15, 0.2) is 5.65 Å². The van der Waals surface area contributed by atoms with Crippen molar-refractivity contribution < 1.29 is 24.5 Å². The summed E-state index contributed by atoms with van der Waals surface area (Å²) >= 11 is 0. The number of rotatable bonds is 10. The van der Waals surface area contributed by atoms with E-state index in [-0.39, 0.29) is 31.9 Å². The van der Waals surface area contributed by atoms with Crippen molar-refractivity contribution in [2.45, 2.75) is 79.4 Å². The van der Waals surface area contributed by atoms with Crippen molar-refractivity contribution in [3.63, 3.8) is 0 Å². The van der Waals surface area contributed by atoms with Crippen LogP contribution in [0.4, 0.5) is 0 Å². The maximum Gasteiger partial charge on any atom is 0.155 e. The van der Waals surface area contributed by atoms with E-state index >= 15 is 0 Å². The fraction of sp³-hybridized carbons (Fsp3) is 0.217. The Bertz CT molecular complexity index is 3260. The first-order valence-electron chi connectivity index (χ1n) is 23.3. The quantitative estimate of drug-likeness (QED) is 0.101. The molecular formula is C60H58IrN4OSi-2. The zero-order chi connectivity index (χ0) is 46.1. The third kappa shape index (κ3) is 9.78. The van der Waals surface area contributed by atoms with Crippen LogP contribution in [0.5, 0.6) is 0 Å². The summed E-state index contributed by atoms with van der Waals surface area (Å²) in [5.41, 5.74) is 15.9. The number of aromatic nitrogens is 4. The molecule has 0 unspecified atom stereocenters. The van der Waals surface area contributed by atoms with Crippen LogP contribution in [0.15, 0.2) is 162 Å². The van der Waals surface area contributed by atoms with E-state index in [0.717, 1.165) is 79.0 Å². The van der Waals surface area contributed by atoms with Crippen LogP contribution in [-0.2, 0) is 26.5 Å². The first-order chi connectivity index (χ1) is 31.9. The average Bonchev–Trinajstić information content (AvgIpc) is 3.90. The van der Waals surface area contributed by atoms with Gasteiger partial charge in [-0.1, -0.05) is 163 Å². The second-order valence-corrected chi connectivity index (χ2v) is 24.5. The van der Waals surface area contributed by atoms with Gasteiger partial charge < -0.3 is 14.0 Å². The van der Waals surface area contributed by atoms with Gasteiger partial charge in [-0.2, -0.15) is 0 Å². The molecule has 10 aromatic rings. The molecule has 0 fully saturated rings. The summed E-state index contributed by atoms with van der Waals surface area (Å²) in [6.07, 6.45) is 5.20. The number of nitrogens with zero attached hydrogens (tertiary/aromatic N) is 4. The number of hydrogen-bond acceptors (Lipinski definition) is 4. The zero-order valence-electron chi connectivity index (χ0n) is 40.0. The number of pyridine rings is 2. The number of fused-ring (bicyclic) bond motifs is 4. The van der Waals surface area contributed by atoms with Gasteiger partial charge in [-0.15, -0.1) is 54.1 Å². The monoisotopic (exact) mass is 1070 g/mol. The summed E-state index contributed by atoms with van der Waals surface area (Å²) in [6.45, 7) is 20.8. The molecule has 0 aliphatic rings. The van der Waals surface area contributed by atoms with Crippen LogP contribution < -0.4 is 5.19 Å². The van der Waals surface area contributed by atoms with Crippen LogP contribution in [0.1, 0.15) is 70.1 Å². The van der Waals surface area contributed by atoms with Gasteiger partial charge in [-0.3, -0.25) is 4.98 Å². The fourth-order valence-electron chi connectivity index (χ4n) is 9.09. The number of hydrogen-bond donors (Lipinski definition) is 0. The molecule has 0 atom stereocenters. The third-order valence-electron chi connectivity index (χ3n) is 12.3. The van der Waals surface area contributed by atoms with Crippen LogP contribution in [0.2, 0.25) is 19.6 Å². The number of benzene rings is 6. The maximum atomic E-state index is 6.55. The Morgan fingerprint density at radius 2 is 1.25 bits per heavy atom. The van der Waals surface area contributed by atoms with Crippen molar-refractivity contribution in [1.29, 1.82) is 0 Å². The van der Waals surface area contributed by atoms with Gasteiger partial charge in [0.2, 0.25) is 0 Å². The van der Waals surface area contributed by atoms with E-state index in [0.29, 0.717) is 5.92 Å². The number of imidazole rings is 1. The summed E-state index contributed by atoms with van der Waals surface area (Å²) in [6, 6.07) is 57.3. The van der Waals surface area contributed by atoms with Crippen molar-refractivity contribution >= 4 is 46.4 Å². The smallest absolute Gasteiger partial charge is 0.155 e. The van der Waals surface area contributed by atoms with Gasteiger partial charge in [0.1, 0.15) is 5.58 Å². The van der Waals surface area contributed by atoms with E-state index < -0.39 is 8.07 Å². The van der Waals surface area contributed by atoms with Gasteiger partial charge in [-0.05, 0) is 87.1 Å². The van der Waals surface area contributed by atoms with E-state index in [1.54, 1.807) is 0 Å². The molecule has 339 valence electrons. The van der Waals surface area contributed by atoms with Crippen molar-refractivity contribution in [2.75, 3.05) is 0 Å². The molecule has 0 aliphatic carbocycles. The Labute approximate surface area is 410 Å². The average molecular weight is 1070 g/mol. The van der Waals surface area contributed by atoms with Gasteiger partial charge in [0, 0.05) is 49.1 Å². The predicted molar refractivity (Wildman–Crippen MR) is 279 cm³/mol. The molecular weight excluding hydrogens is 1010 g/mol. The second kappa shape index (κ2) is 19.9. The predicted octanol–water partition coefficient (Wildman–Crippen LogP) is 15.7. The number of para-hydroxylation sites is 1. The van der Waals surface area contributed by atoms with Gasteiger partial charge in [0.25, 0.3) is 0 Å². The maximum absolute atomic E-state index is 6.55. The molecule has 4 heterocycles. The summed E-state index contributed by atoms with van der Waals surface area (Å²) in [5.74, 6) is 1.93. The van der Waals surface area contributed by atoms with E-state index in [4.69, 9.17) is 14.4 Å². The van der Waals surface area contributed by atoms with Gasteiger partial charge in [-0.25, -0.2) is 4.98 Å². The third-order valence-corrected chi connectivity index (χ3v) is 14.4. The molecule has 0 amide bonds. The standard InChI is InChI=1S/C42H34N3O.C18H24NSi.Ir/c1-26(2)35-22-30(28-14-7-5-8-15-28)23-36(27(3)4)39(35)45-41(34-20-13-19-33-32-18-11-12-21-38(32)46-40(33)34)44-37-24-31(25-43-42(37)45)29-16-9-6-10-17-29;1-14(2)11-16-12-17(15-9-7-6-8-10-15)19-13-18(16)20(3,4)5;/h5-19,21-27H,1-4H3;6-9,12-14H,11H2,1-5H3;/q2*-1;. The Morgan fingerprint density at radius 1 is 0.612 bits per heavy atom. The van der Waals surface area contributed by atoms with E-state index in [2.05, 4.69) is 192 Å². The number of furan rings is 1. The molecule has 7 heteroatoms. The minimum absolute atomic E-state index is 0. The minimum Gasteiger partial charge on any atom is -0.501 e. The van der Waals surface area contributed by atoms with E-state index in [9.17, 15) is 0 Å². The minimum atomic E-state index is -1.34. The summed E-state index contributed by atoms with van der Waals surface area (Å²) in [5, 5.41) is 3.62. The molecule has 10 rings (SSSR count). The Hall–Kier alpha value is -6.24. The topological polar surface area (TPSA) is 56.7 Å². The molecule has 0 N–H and O–H groups in total. The molecule has 0 spiro atoms. The van der Waals surface area contributed by atoms with Crippen molar-refractivity contribution in [3.8, 4) is 50.6 Å². The second-order valence-electron chi connectivity index (χ2n) is 19.4. The van der Waals surface area contributed by atoms with E-state index in [1.165, 1.54) is 33.0 Å². The fourth-order valence-corrected chi connectivity index (χ4v) is 10.7. The van der Waals surface area contributed by atoms with Gasteiger partial charge in [0.05, 0.1) is 25.0 Å². The van der Waals surface area contributed by atoms with Crippen LogP contribution in [-0.4, -0.2) is 27.6 Å². The van der Waals surface area contributed by atoms with Crippen molar-refractivity contribution in [3.05, 3.63) is 187 Å². The van der Waals surface area contributed by atoms with Crippen LogP contribution >= 0.6 is 0 Å². The van der Waals surface area contributed by atoms with Crippen LogP contribution in [0.25, 0.3) is 83.7 Å². The van der Waals surface area contributed by atoms with Crippen molar-refractivity contribution in [1.82, 2.24) is 19.5 Å². The normalized spacial score (nSPS) is 11.7. The first kappa shape index (κ1) is 47.3. The molecule has 67 heavy (non-hydrogen) atoms. The van der Waals surface area contributed by atoms with Crippen LogP contribution in [0.3, 0.4) is 0 Å². The molecule has 0 saturated heterocycles. The summed E-state index contributed by atoms with van der Waals surface area (Å²) < 4.78 is 8.81. The molecule has 6 aromatic carbocycles. The summed E-state index contributed by atoms with van der Waals surface area (Å²) in [7, 11) is -1.34. The molecule has 5 nitrogen and oxygen atoms in total. The molecule has 4 aromatic heterocycles. The Balaban J connectivity index is 0.000000244. The first-order valence-corrected chi connectivity index (χ1v) is 26.8. The zero-order valence-corrected chi connectivity index (χ0v) is 43.4. The van der Waals surface area contributed by atoms with E-state index in [1.807, 2.05) is 48.7 Å². The largest absolute Gasteiger partial charge is 0.501 e. The van der Waals surface area contributed by atoms with Crippen LogP contribution in [0, 0.1) is 18.1 Å². The van der Waals surface area contributed by atoms with Crippen molar-refractivity contribution in [2.24, 2.45) is 5.92 Å². The molecule has 1 radical (unpaired) electrons. The SMILES string of the molecule is CC(C)Cc1cc(-c2[c-]cccc2)ncc1[Si](C)(C)C.CC(C)c1cc(-c2ccccc2)cc(C(C)C)c1-n1c(-c2[c-]ccc3c2oc2ccccc23)nc2cc(-c3ccccc3)cnc21.[Ir]. The Morgan fingerprint density at radius 3 is 1.88 bits per heavy atom. The molecule has 0 bridgehead atoms.